The molecule has 1 aromatic heterocycles. The number of esters is 1. The van der Waals surface area contributed by atoms with Crippen LogP contribution in [-0.4, -0.2) is 35.9 Å². The molecule has 2 amide bonds. The first-order valence-corrected chi connectivity index (χ1v) is 9.51. The Morgan fingerprint density at radius 3 is 2.63 bits per heavy atom. The number of ether oxygens (including phenoxy) is 1. The van der Waals surface area contributed by atoms with Crippen molar-refractivity contribution in [3.63, 3.8) is 0 Å². The second kappa shape index (κ2) is 8.20. The molecular weight excluding hydrogens is 386 g/mol. The molecule has 1 saturated heterocycles. The van der Waals surface area contributed by atoms with Crippen molar-refractivity contribution in [1.82, 2.24) is 4.98 Å². The number of amides is 2. The van der Waals surface area contributed by atoms with Gasteiger partial charge in [0.05, 0.1) is 16.9 Å². The third-order valence-corrected chi connectivity index (χ3v) is 4.85. The van der Waals surface area contributed by atoms with Gasteiger partial charge < -0.3 is 19.9 Å². The van der Waals surface area contributed by atoms with Crippen LogP contribution < -0.4 is 15.8 Å². The average molecular weight is 405 g/mol. The van der Waals surface area contributed by atoms with E-state index in [1.54, 1.807) is 53.4 Å². The van der Waals surface area contributed by atoms with Crippen molar-refractivity contribution in [3.05, 3.63) is 70.5 Å². The van der Waals surface area contributed by atoms with Crippen LogP contribution in [-0.2, 0) is 14.3 Å². The van der Waals surface area contributed by atoms with E-state index in [4.69, 9.17) is 4.74 Å². The lowest BCUT2D eigenvalue weighted by Crippen LogP contribution is -2.27. The summed E-state index contributed by atoms with van der Waals surface area (Å²) in [5.41, 5.74) is 1.24. The van der Waals surface area contributed by atoms with Gasteiger partial charge in [-0.05, 0) is 24.6 Å². The van der Waals surface area contributed by atoms with Gasteiger partial charge in [0.2, 0.25) is 11.5 Å². The predicted octanol–water partition coefficient (Wildman–Crippen LogP) is 2.45. The zero-order valence-corrected chi connectivity index (χ0v) is 16.0. The summed E-state index contributed by atoms with van der Waals surface area (Å²) < 4.78 is 5.13. The molecule has 0 saturated carbocycles. The highest BCUT2D eigenvalue weighted by molar-refractivity contribution is 6.05. The molecule has 0 radical (unpaired) electrons. The number of hydrogen-bond acceptors (Lipinski definition) is 5. The lowest BCUT2D eigenvalue weighted by Gasteiger charge is -2.19. The van der Waals surface area contributed by atoms with Crippen LogP contribution in [0, 0.1) is 0 Å². The van der Waals surface area contributed by atoms with Crippen molar-refractivity contribution in [2.75, 3.05) is 23.4 Å². The zero-order valence-electron chi connectivity index (χ0n) is 16.0. The second-order valence-corrected chi connectivity index (χ2v) is 6.88. The molecule has 152 valence electrons. The van der Waals surface area contributed by atoms with Crippen LogP contribution in [0.15, 0.2) is 59.4 Å². The summed E-state index contributed by atoms with van der Waals surface area (Å²) >= 11 is 0. The molecule has 30 heavy (non-hydrogen) atoms. The van der Waals surface area contributed by atoms with Crippen LogP contribution in [0.1, 0.15) is 23.2 Å². The standard InChI is InChI=1S/C22H19N3O5/c26-19-12-15(14-6-1-2-7-16(14)23-19)22(29)30-13-20(27)24-17-8-3-4-9-18(17)25-11-5-10-21(25)28/h1-4,6-9,12H,5,10-11,13H2,(H,23,26)(H,24,27). The number of nitrogens with zero attached hydrogens (tertiary/aromatic N) is 1. The summed E-state index contributed by atoms with van der Waals surface area (Å²) in [7, 11) is 0. The van der Waals surface area contributed by atoms with Crippen LogP contribution >= 0.6 is 0 Å². The number of aromatic nitrogens is 1. The molecule has 2 heterocycles. The second-order valence-electron chi connectivity index (χ2n) is 6.88. The molecule has 2 aromatic carbocycles. The fraction of sp³-hybridized carbons (Fsp3) is 0.182. The molecule has 8 nitrogen and oxygen atoms in total. The quantitative estimate of drug-likeness (QED) is 0.634. The molecule has 0 atom stereocenters. The number of nitrogens with one attached hydrogen (secondary N) is 2. The van der Waals surface area contributed by atoms with Crippen LogP contribution in [0.4, 0.5) is 11.4 Å². The number of carbonyl (C=O) groups is 3. The van der Waals surface area contributed by atoms with Crippen molar-refractivity contribution < 1.29 is 19.1 Å². The number of benzene rings is 2. The van der Waals surface area contributed by atoms with Gasteiger partial charge in [0, 0.05) is 29.9 Å². The SMILES string of the molecule is O=C(COC(=O)c1cc(=O)[nH]c2ccccc12)Nc1ccccc1N1CCCC1=O. The Morgan fingerprint density at radius 2 is 1.83 bits per heavy atom. The van der Waals surface area contributed by atoms with Gasteiger partial charge in [0.25, 0.3) is 5.91 Å². The van der Waals surface area contributed by atoms with Crippen LogP contribution in [0.3, 0.4) is 0 Å². The lowest BCUT2D eigenvalue weighted by atomic mass is 10.1. The molecule has 4 rings (SSSR count). The van der Waals surface area contributed by atoms with Gasteiger partial charge in [0.15, 0.2) is 6.61 Å². The Bertz CT molecular complexity index is 1200. The number of anilines is 2. The third kappa shape index (κ3) is 3.93. The van der Waals surface area contributed by atoms with Gasteiger partial charge >= 0.3 is 5.97 Å². The molecule has 0 spiro atoms. The number of aromatic amines is 1. The number of H-pyrrole nitrogens is 1. The van der Waals surface area contributed by atoms with Crippen LogP contribution in [0.5, 0.6) is 0 Å². The maximum atomic E-state index is 12.5. The summed E-state index contributed by atoms with van der Waals surface area (Å²) in [6.07, 6.45) is 1.24. The van der Waals surface area contributed by atoms with Crippen molar-refractivity contribution in [2.24, 2.45) is 0 Å². The van der Waals surface area contributed by atoms with E-state index in [0.717, 1.165) is 12.5 Å². The lowest BCUT2D eigenvalue weighted by molar-refractivity contribution is -0.119. The minimum atomic E-state index is -0.768. The highest BCUT2D eigenvalue weighted by Gasteiger charge is 2.24. The number of rotatable bonds is 5. The first-order chi connectivity index (χ1) is 14.5. The van der Waals surface area contributed by atoms with E-state index in [2.05, 4.69) is 10.3 Å². The highest BCUT2D eigenvalue weighted by Crippen LogP contribution is 2.29. The van der Waals surface area contributed by atoms with Gasteiger partial charge in [-0.15, -0.1) is 0 Å². The zero-order chi connectivity index (χ0) is 21.1. The summed E-state index contributed by atoms with van der Waals surface area (Å²) in [5, 5.41) is 3.21. The van der Waals surface area contributed by atoms with Crippen molar-refractivity contribution in [1.29, 1.82) is 0 Å². The van der Waals surface area contributed by atoms with Crippen molar-refractivity contribution in [3.8, 4) is 0 Å². The van der Waals surface area contributed by atoms with E-state index >= 15 is 0 Å². The molecule has 1 fully saturated rings. The maximum absolute atomic E-state index is 12.5. The molecule has 0 bridgehead atoms. The Hall–Kier alpha value is -3.94. The van der Waals surface area contributed by atoms with Crippen molar-refractivity contribution >= 4 is 40.1 Å². The average Bonchev–Trinajstić information content (AvgIpc) is 3.17. The predicted molar refractivity (Wildman–Crippen MR) is 112 cm³/mol. The van der Waals surface area contributed by atoms with Gasteiger partial charge in [0.1, 0.15) is 0 Å². The number of hydrogen-bond donors (Lipinski definition) is 2. The number of fused-ring (bicyclic) bond motifs is 1. The summed E-state index contributed by atoms with van der Waals surface area (Å²) in [6.45, 7) is 0.0680. The Labute approximate surface area is 171 Å². The minimum Gasteiger partial charge on any atom is -0.452 e. The Morgan fingerprint density at radius 1 is 1.07 bits per heavy atom. The highest BCUT2D eigenvalue weighted by atomic mass is 16.5. The van der Waals surface area contributed by atoms with Crippen molar-refractivity contribution in [2.45, 2.75) is 12.8 Å². The van der Waals surface area contributed by atoms with Gasteiger partial charge in [-0.2, -0.15) is 0 Å². The largest absolute Gasteiger partial charge is 0.452 e. The smallest absolute Gasteiger partial charge is 0.339 e. The Kier molecular flexibility index (Phi) is 5.30. The molecule has 0 aliphatic carbocycles. The topological polar surface area (TPSA) is 109 Å². The fourth-order valence-electron chi connectivity index (χ4n) is 3.49. The van der Waals surface area contributed by atoms with Gasteiger partial charge in [-0.1, -0.05) is 30.3 Å². The molecule has 2 N–H and O–H groups in total. The number of carbonyl (C=O) groups excluding carboxylic acids is 3. The van der Waals surface area contributed by atoms with Gasteiger partial charge in [-0.3, -0.25) is 14.4 Å². The van der Waals surface area contributed by atoms with E-state index in [-0.39, 0.29) is 11.5 Å². The molecule has 3 aromatic rings. The Balaban J connectivity index is 1.46. The monoisotopic (exact) mass is 405 g/mol. The number of pyridine rings is 1. The van der Waals surface area contributed by atoms with E-state index in [9.17, 15) is 19.2 Å². The van der Waals surface area contributed by atoms with E-state index in [1.807, 2.05) is 0 Å². The molecule has 8 heteroatoms. The van der Waals surface area contributed by atoms with E-state index in [0.29, 0.717) is 35.2 Å². The molecule has 0 unspecified atom stereocenters. The minimum absolute atomic E-state index is 0.00399. The van der Waals surface area contributed by atoms with E-state index in [1.165, 1.54) is 0 Å². The summed E-state index contributed by atoms with van der Waals surface area (Å²) in [6, 6.07) is 15.0. The van der Waals surface area contributed by atoms with E-state index < -0.39 is 24.0 Å². The molecule has 1 aliphatic heterocycles. The molecular formula is C22H19N3O5. The van der Waals surface area contributed by atoms with Crippen LogP contribution in [0.2, 0.25) is 0 Å². The molecule has 1 aliphatic rings. The first-order valence-electron chi connectivity index (χ1n) is 9.51. The van der Waals surface area contributed by atoms with Crippen LogP contribution in [0.25, 0.3) is 10.9 Å². The maximum Gasteiger partial charge on any atom is 0.339 e. The normalized spacial score (nSPS) is 13.5. The summed E-state index contributed by atoms with van der Waals surface area (Å²) in [4.78, 5) is 53.0. The fourth-order valence-corrected chi connectivity index (χ4v) is 3.49. The number of para-hydroxylation sites is 3. The summed E-state index contributed by atoms with van der Waals surface area (Å²) in [5.74, 6) is -1.31. The third-order valence-electron chi connectivity index (χ3n) is 4.85. The first kappa shape index (κ1) is 19.4. The van der Waals surface area contributed by atoms with Gasteiger partial charge in [-0.25, -0.2) is 4.79 Å².